The summed E-state index contributed by atoms with van der Waals surface area (Å²) in [4.78, 5) is 4.46. The molecule has 1 aromatic rings. The zero-order valence-corrected chi connectivity index (χ0v) is 14.5. The molecule has 0 aromatic carbocycles. The molecule has 0 unspecified atom stereocenters. The van der Waals surface area contributed by atoms with Gasteiger partial charge in [0.1, 0.15) is 10.0 Å². The minimum atomic E-state index is -3.40. The van der Waals surface area contributed by atoms with Gasteiger partial charge in [0, 0.05) is 5.69 Å². The lowest BCUT2D eigenvalue weighted by Gasteiger charge is -2.17. The Morgan fingerprint density at radius 1 is 1.20 bits per heavy atom. The number of hydrogen-bond acceptors (Lipinski definition) is 3. The maximum Gasteiger partial charge on any atom is 0.184 e. The Morgan fingerprint density at radius 2 is 1.80 bits per heavy atom. The number of sulfone groups is 1. The Bertz CT molecular complexity index is 580. The number of hydrogen-bond donors (Lipinski definition) is 0. The Labute approximate surface area is 127 Å². The van der Waals surface area contributed by atoms with Crippen LogP contribution in [0.2, 0.25) is 5.15 Å². The molecule has 0 N–H and O–H groups in total. The molecule has 0 aliphatic rings. The van der Waals surface area contributed by atoms with Crippen LogP contribution in [-0.4, -0.2) is 18.7 Å². The summed E-state index contributed by atoms with van der Waals surface area (Å²) in [7, 11) is -3.40. The molecule has 0 aliphatic carbocycles. The number of unbranched alkanes of at least 4 members (excludes halogenated alkanes) is 2. The Balaban J connectivity index is 3.37. The number of pyridine rings is 1. The third-order valence-corrected chi connectivity index (χ3v) is 6.31. The molecule has 3 nitrogen and oxygen atoms in total. The normalized spacial score (nSPS) is 12.2. The van der Waals surface area contributed by atoms with Crippen molar-refractivity contribution < 1.29 is 8.42 Å². The van der Waals surface area contributed by atoms with Gasteiger partial charge in [0.05, 0.1) is 5.25 Å². The van der Waals surface area contributed by atoms with E-state index in [2.05, 4.69) is 11.9 Å². The van der Waals surface area contributed by atoms with Crippen LogP contribution >= 0.6 is 11.6 Å². The molecule has 0 fully saturated rings. The van der Waals surface area contributed by atoms with Gasteiger partial charge in [-0.05, 0) is 51.7 Å². The van der Waals surface area contributed by atoms with Crippen LogP contribution in [0.3, 0.4) is 0 Å². The standard InChI is InChI=1S/C15H24ClNO2S/c1-6-7-8-9-13-11(4)14(15(16)17-12(13)5)20(18,19)10(2)3/h10H,6-9H2,1-5H3. The molecule has 0 atom stereocenters. The Morgan fingerprint density at radius 3 is 2.30 bits per heavy atom. The molecule has 0 saturated carbocycles. The Hall–Kier alpha value is -0.610. The first-order valence-electron chi connectivity index (χ1n) is 7.12. The van der Waals surface area contributed by atoms with E-state index in [1.807, 2.05) is 13.8 Å². The molecule has 0 amide bonds. The van der Waals surface area contributed by atoms with Gasteiger partial charge in [-0.2, -0.15) is 0 Å². The zero-order chi connectivity index (χ0) is 15.5. The molecule has 0 aliphatic heterocycles. The van der Waals surface area contributed by atoms with Crippen molar-refractivity contribution in [3.05, 3.63) is 22.0 Å². The highest BCUT2D eigenvalue weighted by Crippen LogP contribution is 2.31. The fourth-order valence-electron chi connectivity index (χ4n) is 2.32. The van der Waals surface area contributed by atoms with Crippen molar-refractivity contribution >= 4 is 21.4 Å². The van der Waals surface area contributed by atoms with Gasteiger partial charge in [-0.1, -0.05) is 31.4 Å². The van der Waals surface area contributed by atoms with Gasteiger partial charge >= 0.3 is 0 Å². The van der Waals surface area contributed by atoms with E-state index in [-0.39, 0.29) is 10.0 Å². The second-order valence-electron chi connectivity index (χ2n) is 5.47. The predicted molar refractivity (Wildman–Crippen MR) is 84.3 cm³/mol. The van der Waals surface area contributed by atoms with Gasteiger partial charge in [-0.15, -0.1) is 0 Å². The molecule has 5 heteroatoms. The number of aryl methyl sites for hydroxylation is 1. The van der Waals surface area contributed by atoms with Crippen LogP contribution < -0.4 is 0 Å². The first-order valence-corrected chi connectivity index (χ1v) is 9.05. The van der Waals surface area contributed by atoms with Crippen LogP contribution in [-0.2, 0) is 16.3 Å². The smallest absolute Gasteiger partial charge is 0.184 e. The third-order valence-electron chi connectivity index (χ3n) is 3.62. The van der Waals surface area contributed by atoms with E-state index in [1.165, 1.54) is 0 Å². The van der Waals surface area contributed by atoms with E-state index in [4.69, 9.17) is 11.6 Å². The lowest BCUT2D eigenvalue weighted by Crippen LogP contribution is -2.18. The van der Waals surface area contributed by atoms with Crippen LogP contribution in [0.1, 0.15) is 56.9 Å². The summed E-state index contributed by atoms with van der Waals surface area (Å²) < 4.78 is 24.9. The molecule has 0 saturated heterocycles. The average molecular weight is 318 g/mol. The van der Waals surface area contributed by atoms with Crippen LogP contribution in [0, 0.1) is 13.8 Å². The molecule has 114 valence electrons. The highest BCUT2D eigenvalue weighted by molar-refractivity contribution is 7.92. The summed E-state index contributed by atoms with van der Waals surface area (Å²) in [5, 5.41) is -0.389. The summed E-state index contributed by atoms with van der Waals surface area (Å²) in [6, 6.07) is 0. The summed E-state index contributed by atoms with van der Waals surface area (Å²) in [5.41, 5.74) is 2.64. The van der Waals surface area contributed by atoms with E-state index in [1.54, 1.807) is 13.8 Å². The lowest BCUT2D eigenvalue weighted by molar-refractivity contribution is 0.585. The first-order chi connectivity index (χ1) is 9.23. The van der Waals surface area contributed by atoms with Gasteiger partial charge in [0.15, 0.2) is 9.84 Å². The van der Waals surface area contributed by atoms with Gasteiger partial charge in [0.2, 0.25) is 0 Å². The number of nitrogens with zero attached hydrogens (tertiary/aromatic N) is 1. The fraction of sp³-hybridized carbons (Fsp3) is 0.667. The van der Waals surface area contributed by atoms with Gasteiger partial charge in [0.25, 0.3) is 0 Å². The molecule has 0 bridgehead atoms. The van der Waals surface area contributed by atoms with Crippen molar-refractivity contribution in [3.63, 3.8) is 0 Å². The second-order valence-corrected chi connectivity index (χ2v) is 8.27. The van der Waals surface area contributed by atoms with Crippen molar-refractivity contribution in [1.29, 1.82) is 0 Å². The maximum atomic E-state index is 12.4. The third kappa shape index (κ3) is 3.53. The molecule has 0 radical (unpaired) electrons. The number of aromatic nitrogens is 1. The first kappa shape index (κ1) is 17.4. The van der Waals surface area contributed by atoms with Gasteiger partial charge in [-0.25, -0.2) is 13.4 Å². The van der Waals surface area contributed by atoms with Crippen LogP contribution in [0.15, 0.2) is 4.90 Å². The van der Waals surface area contributed by atoms with Crippen molar-refractivity contribution in [1.82, 2.24) is 4.98 Å². The lowest BCUT2D eigenvalue weighted by atomic mass is 10.0. The van der Waals surface area contributed by atoms with Crippen LogP contribution in [0.5, 0.6) is 0 Å². The van der Waals surface area contributed by atoms with Crippen molar-refractivity contribution in [2.24, 2.45) is 0 Å². The monoisotopic (exact) mass is 317 g/mol. The zero-order valence-electron chi connectivity index (χ0n) is 13.0. The quantitative estimate of drug-likeness (QED) is 0.581. The highest BCUT2D eigenvalue weighted by atomic mass is 35.5. The number of halogens is 1. The fourth-order valence-corrected chi connectivity index (χ4v) is 4.21. The number of rotatable bonds is 6. The molecular formula is C15H24ClNO2S. The van der Waals surface area contributed by atoms with E-state index in [0.717, 1.165) is 42.5 Å². The van der Waals surface area contributed by atoms with Crippen molar-refractivity contribution in [2.45, 2.75) is 70.4 Å². The van der Waals surface area contributed by atoms with E-state index >= 15 is 0 Å². The summed E-state index contributed by atoms with van der Waals surface area (Å²) in [5.74, 6) is 0. The minimum absolute atomic E-state index is 0.105. The Kier molecular flexibility index (Phi) is 6.02. The summed E-state index contributed by atoms with van der Waals surface area (Å²) in [6.07, 6.45) is 4.17. The minimum Gasteiger partial charge on any atom is -0.240 e. The molecular weight excluding hydrogens is 294 g/mol. The second kappa shape index (κ2) is 6.90. The highest BCUT2D eigenvalue weighted by Gasteiger charge is 2.27. The molecule has 0 spiro atoms. The average Bonchev–Trinajstić information content (AvgIpc) is 2.32. The van der Waals surface area contributed by atoms with Crippen molar-refractivity contribution in [2.75, 3.05) is 0 Å². The maximum absolute atomic E-state index is 12.4. The SMILES string of the molecule is CCCCCc1c(C)nc(Cl)c(S(=O)(=O)C(C)C)c1C. The largest absolute Gasteiger partial charge is 0.240 e. The van der Waals surface area contributed by atoms with Gasteiger partial charge in [-0.3, -0.25) is 0 Å². The predicted octanol–water partition coefficient (Wildman–Crippen LogP) is 4.27. The van der Waals surface area contributed by atoms with Gasteiger partial charge < -0.3 is 0 Å². The van der Waals surface area contributed by atoms with E-state index < -0.39 is 15.1 Å². The topological polar surface area (TPSA) is 47.0 Å². The van der Waals surface area contributed by atoms with E-state index in [0.29, 0.717) is 0 Å². The molecule has 1 rings (SSSR count). The van der Waals surface area contributed by atoms with Crippen LogP contribution in [0.4, 0.5) is 0 Å². The molecule has 1 aromatic heterocycles. The van der Waals surface area contributed by atoms with E-state index in [9.17, 15) is 8.42 Å². The summed E-state index contributed by atoms with van der Waals surface area (Å²) >= 11 is 6.11. The van der Waals surface area contributed by atoms with Crippen LogP contribution in [0.25, 0.3) is 0 Å². The van der Waals surface area contributed by atoms with Crippen molar-refractivity contribution in [3.8, 4) is 0 Å². The summed E-state index contributed by atoms with van der Waals surface area (Å²) in [6.45, 7) is 9.22. The molecule has 1 heterocycles. The molecule has 20 heavy (non-hydrogen) atoms.